The summed E-state index contributed by atoms with van der Waals surface area (Å²) in [5, 5.41) is 3.58. The molecule has 16 heavy (non-hydrogen) atoms. The summed E-state index contributed by atoms with van der Waals surface area (Å²) < 4.78 is 5.68. The maximum atomic E-state index is 5.68. The average Bonchev–Trinajstić information content (AvgIpc) is 2.74. The molecule has 0 spiro atoms. The van der Waals surface area contributed by atoms with Gasteiger partial charge in [0, 0.05) is 13.2 Å². The van der Waals surface area contributed by atoms with Gasteiger partial charge in [-0.1, -0.05) is 13.8 Å². The third-order valence-electron chi connectivity index (χ3n) is 3.55. The average molecular weight is 228 g/mol. The lowest BCUT2D eigenvalue weighted by Crippen LogP contribution is -2.31. The van der Waals surface area contributed by atoms with Crippen molar-refractivity contribution in [1.29, 1.82) is 0 Å². The van der Waals surface area contributed by atoms with Gasteiger partial charge in [-0.05, 0) is 50.6 Å². The van der Waals surface area contributed by atoms with Crippen molar-refractivity contribution in [2.75, 3.05) is 26.2 Å². The minimum atomic E-state index is 0.492. The normalized spacial score (nSPS) is 27.2. The van der Waals surface area contributed by atoms with E-state index in [4.69, 9.17) is 10.5 Å². The van der Waals surface area contributed by atoms with Gasteiger partial charge in [0.1, 0.15) is 0 Å². The molecule has 0 saturated carbocycles. The molecular weight excluding hydrogens is 200 g/mol. The predicted molar refractivity (Wildman–Crippen MR) is 68.5 cm³/mol. The first-order chi connectivity index (χ1) is 7.77. The molecule has 3 unspecified atom stereocenters. The van der Waals surface area contributed by atoms with Crippen LogP contribution in [0.5, 0.6) is 0 Å². The van der Waals surface area contributed by atoms with E-state index >= 15 is 0 Å². The number of nitrogens with one attached hydrogen (secondary N) is 1. The highest BCUT2D eigenvalue weighted by Gasteiger charge is 2.25. The molecule has 1 aliphatic heterocycles. The highest BCUT2D eigenvalue weighted by atomic mass is 16.5. The minimum Gasteiger partial charge on any atom is -0.378 e. The van der Waals surface area contributed by atoms with Gasteiger partial charge in [-0.2, -0.15) is 0 Å². The van der Waals surface area contributed by atoms with Crippen LogP contribution in [-0.4, -0.2) is 32.3 Å². The van der Waals surface area contributed by atoms with Gasteiger partial charge in [-0.15, -0.1) is 0 Å². The van der Waals surface area contributed by atoms with Crippen LogP contribution in [0.15, 0.2) is 0 Å². The van der Waals surface area contributed by atoms with Gasteiger partial charge in [0.2, 0.25) is 0 Å². The molecule has 0 bridgehead atoms. The highest BCUT2D eigenvalue weighted by molar-refractivity contribution is 4.77. The van der Waals surface area contributed by atoms with Crippen molar-refractivity contribution < 1.29 is 4.74 Å². The van der Waals surface area contributed by atoms with E-state index in [0.717, 1.165) is 50.9 Å². The molecule has 0 aromatic rings. The zero-order valence-electron chi connectivity index (χ0n) is 10.9. The van der Waals surface area contributed by atoms with Crippen molar-refractivity contribution in [2.24, 2.45) is 17.6 Å². The Kier molecular flexibility index (Phi) is 7.01. The number of nitrogens with two attached hydrogens (primary N) is 1. The van der Waals surface area contributed by atoms with Crippen molar-refractivity contribution in [1.82, 2.24) is 5.32 Å². The summed E-state index contributed by atoms with van der Waals surface area (Å²) in [6.45, 7) is 8.52. The maximum Gasteiger partial charge on any atom is 0.0613 e. The van der Waals surface area contributed by atoms with Crippen LogP contribution in [0.2, 0.25) is 0 Å². The molecule has 1 heterocycles. The molecule has 1 saturated heterocycles. The van der Waals surface area contributed by atoms with Crippen LogP contribution in [0.3, 0.4) is 0 Å². The zero-order valence-corrected chi connectivity index (χ0v) is 10.9. The smallest absolute Gasteiger partial charge is 0.0613 e. The van der Waals surface area contributed by atoms with E-state index in [1.54, 1.807) is 0 Å². The standard InChI is InChI=1S/C13H28N2O/c1-3-13-12(6-8-16-13)10-15-9-11(2)5-4-7-14/h11-13,15H,3-10,14H2,1-2H3. The van der Waals surface area contributed by atoms with E-state index in [-0.39, 0.29) is 0 Å². The lowest BCUT2D eigenvalue weighted by Gasteiger charge is -2.19. The first kappa shape index (κ1) is 13.9. The fourth-order valence-corrected chi connectivity index (χ4v) is 2.46. The summed E-state index contributed by atoms with van der Waals surface area (Å²) in [5.41, 5.74) is 5.50. The first-order valence-electron chi connectivity index (χ1n) is 6.80. The number of hydrogen-bond donors (Lipinski definition) is 2. The minimum absolute atomic E-state index is 0.492. The van der Waals surface area contributed by atoms with Gasteiger partial charge in [-0.25, -0.2) is 0 Å². The Labute approximate surface area is 100 Å². The summed E-state index contributed by atoms with van der Waals surface area (Å²) in [6, 6.07) is 0. The van der Waals surface area contributed by atoms with Crippen LogP contribution in [0, 0.1) is 11.8 Å². The molecule has 1 fully saturated rings. The molecule has 1 aliphatic rings. The summed E-state index contributed by atoms with van der Waals surface area (Å²) >= 11 is 0. The predicted octanol–water partition coefficient (Wildman–Crippen LogP) is 1.77. The molecule has 3 N–H and O–H groups in total. The monoisotopic (exact) mass is 228 g/mol. The SMILES string of the molecule is CCC1OCCC1CNCC(C)CCCN. The fraction of sp³-hybridized carbons (Fsp3) is 1.00. The molecule has 0 aromatic heterocycles. The Morgan fingerprint density at radius 2 is 2.31 bits per heavy atom. The van der Waals surface area contributed by atoms with Gasteiger partial charge < -0.3 is 15.8 Å². The topological polar surface area (TPSA) is 47.3 Å². The largest absolute Gasteiger partial charge is 0.378 e. The lowest BCUT2D eigenvalue weighted by molar-refractivity contribution is 0.0871. The molecule has 0 radical (unpaired) electrons. The molecule has 96 valence electrons. The van der Waals surface area contributed by atoms with Gasteiger partial charge in [0.15, 0.2) is 0 Å². The van der Waals surface area contributed by atoms with Gasteiger partial charge in [0.05, 0.1) is 6.10 Å². The molecule has 3 heteroatoms. The van der Waals surface area contributed by atoms with E-state index in [1.807, 2.05) is 0 Å². The second-order valence-electron chi connectivity index (χ2n) is 5.06. The van der Waals surface area contributed by atoms with Crippen molar-refractivity contribution in [3.05, 3.63) is 0 Å². The first-order valence-corrected chi connectivity index (χ1v) is 6.80. The van der Waals surface area contributed by atoms with Crippen LogP contribution in [0.1, 0.15) is 39.5 Å². The molecule has 3 atom stereocenters. The Hall–Kier alpha value is -0.120. The van der Waals surface area contributed by atoms with Crippen LogP contribution in [-0.2, 0) is 4.74 Å². The van der Waals surface area contributed by atoms with Gasteiger partial charge in [0.25, 0.3) is 0 Å². The summed E-state index contributed by atoms with van der Waals surface area (Å²) in [4.78, 5) is 0. The third kappa shape index (κ3) is 4.81. The number of ether oxygens (including phenoxy) is 1. The summed E-state index contributed by atoms with van der Waals surface area (Å²) in [6.07, 6.45) is 5.25. The van der Waals surface area contributed by atoms with E-state index in [0.29, 0.717) is 6.10 Å². The maximum absolute atomic E-state index is 5.68. The molecular formula is C13H28N2O. The quantitative estimate of drug-likeness (QED) is 0.665. The zero-order chi connectivity index (χ0) is 11.8. The number of rotatable bonds is 8. The summed E-state index contributed by atoms with van der Waals surface area (Å²) in [7, 11) is 0. The van der Waals surface area contributed by atoms with Crippen molar-refractivity contribution in [2.45, 2.75) is 45.6 Å². The van der Waals surface area contributed by atoms with Crippen LogP contribution >= 0.6 is 0 Å². The van der Waals surface area contributed by atoms with E-state index in [1.165, 1.54) is 12.8 Å². The Morgan fingerprint density at radius 1 is 1.50 bits per heavy atom. The molecule has 0 aliphatic carbocycles. The molecule has 1 rings (SSSR count). The second-order valence-corrected chi connectivity index (χ2v) is 5.06. The van der Waals surface area contributed by atoms with Crippen LogP contribution in [0.4, 0.5) is 0 Å². The van der Waals surface area contributed by atoms with Gasteiger partial charge >= 0.3 is 0 Å². The molecule has 0 aromatic carbocycles. The Balaban J connectivity index is 2.05. The molecule has 3 nitrogen and oxygen atoms in total. The van der Waals surface area contributed by atoms with E-state index < -0.39 is 0 Å². The van der Waals surface area contributed by atoms with E-state index in [2.05, 4.69) is 19.2 Å². The number of hydrogen-bond acceptors (Lipinski definition) is 3. The second kappa shape index (κ2) is 8.04. The van der Waals surface area contributed by atoms with Crippen LogP contribution in [0.25, 0.3) is 0 Å². The Morgan fingerprint density at radius 3 is 3.00 bits per heavy atom. The summed E-state index contributed by atoms with van der Waals surface area (Å²) in [5.74, 6) is 1.47. The van der Waals surface area contributed by atoms with Gasteiger partial charge in [-0.3, -0.25) is 0 Å². The van der Waals surface area contributed by atoms with E-state index in [9.17, 15) is 0 Å². The van der Waals surface area contributed by atoms with Crippen LogP contribution < -0.4 is 11.1 Å². The highest BCUT2D eigenvalue weighted by Crippen LogP contribution is 2.22. The Bertz CT molecular complexity index is 175. The fourth-order valence-electron chi connectivity index (χ4n) is 2.46. The lowest BCUT2D eigenvalue weighted by atomic mass is 9.99. The van der Waals surface area contributed by atoms with Crippen molar-refractivity contribution >= 4 is 0 Å². The van der Waals surface area contributed by atoms with Crippen molar-refractivity contribution in [3.63, 3.8) is 0 Å². The molecule has 0 amide bonds. The third-order valence-corrected chi connectivity index (χ3v) is 3.55. The van der Waals surface area contributed by atoms with Crippen molar-refractivity contribution in [3.8, 4) is 0 Å².